The van der Waals surface area contributed by atoms with E-state index in [0.717, 1.165) is 4.52 Å². The number of hydrogen-bond donors (Lipinski definition) is 5. The molecule has 0 unspecified atom stereocenters. The number of H-pyrrole nitrogens is 1. The van der Waals surface area contributed by atoms with Gasteiger partial charge in [0.25, 0.3) is 15.6 Å². The van der Waals surface area contributed by atoms with Gasteiger partial charge in [0, 0.05) is 11.9 Å². The maximum Gasteiger partial charge on any atom is 0.294 e. The monoisotopic (exact) mass is 480 g/mol. The van der Waals surface area contributed by atoms with Gasteiger partial charge in [-0.1, -0.05) is 0 Å². The van der Waals surface area contributed by atoms with Crippen molar-refractivity contribution in [3.05, 3.63) is 58.1 Å². The van der Waals surface area contributed by atoms with E-state index in [0.29, 0.717) is 5.69 Å². The molecule has 0 aliphatic rings. The van der Waals surface area contributed by atoms with E-state index in [1.54, 1.807) is 13.0 Å². The van der Waals surface area contributed by atoms with Gasteiger partial charge in [0.15, 0.2) is 17.2 Å². The van der Waals surface area contributed by atoms with E-state index in [2.05, 4.69) is 40.4 Å². The number of nitrogens with one attached hydrogen (secondary N) is 3. The summed E-state index contributed by atoms with van der Waals surface area (Å²) in [5.41, 5.74) is 7.99. The first-order valence-electron chi connectivity index (χ1n) is 9.38. The molecule has 15 nitrogen and oxygen atoms in total. The summed E-state index contributed by atoms with van der Waals surface area (Å²) in [5.74, 6) is 5.25. The SMILES string of the molecule is Cc1ccnc(NS(=O)(=O)c2ccc(N=Nc3c(=O)[nH]n4c(NN)c(C#N)c(N)nc34)cc2)n1. The molecule has 1 aromatic carbocycles. The maximum absolute atomic E-state index is 12.6. The number of fused-ring (bicyclic) bond motifs is 1. The summed E-state index contributed by atoms with van der Waals surface area (Å²) in [6.07, 6.45) is 1.44. The van der Waals surface area contributed by atoms with Crippen LogP contribution in [-0.2, 0) is 10.0 Å². The van der Waals surface area contributed by atoms with Crippen molar-refractivity contribution in [3.63, 3.8) is 0 Å². The molecule has 7 N–H and O–H groups in total. The zero-order valence-electron chi connectivity index (χ0n) is 17.4. The van der Waals surface area contributed by atoms with Gasteiger partial charge >= 0.3 is 0 Å². The van der Waals surface area contributed by atoms with Gasteiger partial charge in [0.1, 0.15) is 17.5 Å². The summed E-state index contributed by atoms with van der Waals surface area (Å²) in [7, 11) is -3.93. The fourth-order valence-corrected chi connectivity index (χ4v) is 3.85. The first-order chi connectivity index (χ1) is 16.2. The van der Waals surface area contributed by atoms with E-state index < -0.39 is 15.6 Å². The van der Waals surface area contributed by atoms with Crippen LogP contribution in [0.25, 0.3) is 5.65 Å². The Bertz CT molecular complexity index is 1630. The van der Waals surface area contributed by atoms with Gasteiger partial charge in [-0.15, -0.1) is 5.11 Å². The summed E-state index contributed by atoms with van der Waals surface area (Å²) in [6.45, 7) is 1.71. The second kappa shape index (κ2) is 8.57. The van der Waals surface area contributed by atoms with Crippen molar-refractivity contribution >= 4 is 44.6 Å². The van der Waals surface area contributed by atoms with Crippen LogP contribution in [0.4, 0.5) is 29.0 Å². The Balaban J connectivity index is 1.63. The predicted molar refractivity (Wildman–Crippen MR) is 121 cm³/mol. The van der Waals surface area contributed by atoms with Crippen molar-refractivity contribution in [2.24, 2.45) is 16.1 Å². The number of nitrogens with two attached hydrogens (primary N) is 2. The number of aromatic amines is 1. The molecule has 3 aromatic heterocycles. The second-order valence-corrected chi connectivity index (χ2v) is 8.43. The number of aromatic nitrogens is 5. The Labute approximate surface area is 191 Å². The second-order valence-electron chi connectivity index (χ2n) is 6.75. The van der Waals surface area contributed by atoms with Crippen molar-refractivity contribution in [1.82, 2.24) is 24.6 Å². The van der Waals surface area contributed by atoms with Crippen molar-refractivity contribution in [2.45, 2.75) is 11.8 Å². The summed E-state index contributed by atoms with van der Waals surface area (Å²) in [6, 6.07) is 8.87. The van der Waals surface area contributed by atoms with E-state index in [1.165, 1.54) is 30.5 Å². The average Bonchev–Trinajstić information content (AvgIpc) is 3.11. The first kappa shape index (κ1) is 22.3. The van der Waals surface area contributed by atoms with Gasteiger partial charge < -0.3 is 11.2 Å². The molecule has 0 saturated carbocycles. The van der Waals surface area contributed by atoms with E-state index in [-0.39, 0.29) is 45.1 Å². The Morgan fingerprint density at radius 2 is 1.91 bits per heavy atom. The van der Waals surface area contributed by atoms with Crippen LogP contribution in [0.15, 0.2) is 56.4 Å². The third-order valence-corrected chi connectivity index (χ3v) is 5.82. The van der Waals surface area contributed by atoms with Crippen LogP contribution in [0.1, 0.15) is 11.3 Å². The molecule has 0 aliphatic heterocycles. The normalized spacial score (nSPS) is 11.6. The molecular weight excluding hydrogens is 464 g/mol. The molecule has 0 radical (unpaired) electrons. The van der Waals surface area contributed by atoms with E-state index in [1.807, 2.05) is 6.07 Å². The van der Waals surface area contributed by atoms with Gasteiger partial charge in [-0.25, -0.2) is 38.4 Å². The first-order valence-corrected chi connectivity index (χ1v) is 10.9. The van der Waals surface area contributed by atoms with Crippen LogP contribution >= 0.6 is 0 Å². The third kappa shape index (κ3) is 4.11. The number of hydrogen-bond acceptors (Lipinski definition) is 12. The van der Waals surface area contributed by atoms with Gasteiger partial charge in [0.05, 0.1) is 10.6 Å². The highest BCUT2D eigenvalue weighted by Crippen LogP contribution is 2.26. The zero-order chi connectivity index (χ0) is 24.5. The molecular formula is C18H16N12O3S. The minimum atomic E-state index is -3.93. The van der Waals surface area contributed by atoms with Crippen molar-refractivity contribution in [2.75, 3.05) is 15.9 Å². The number of nitriles is 1. The van der Waals surface area contributed by atoms with Crippen LogP contribution in [-0.4, -0.2) is 33.0 Å². The lowest BCUT2D eigenvalue weighted by molar-refractivity contribution is 0.601. The molecule has 34 heavy (non-hydrogen) atoms. The number of benzene rings is 1. The Morgan fingerprint density at radius 1 is 1.18 bits per heavy atom. The lowest BCUT2D eigenvalue weighted by atomic mass is 10.3. The highest BCUT2D eigenvalue weighted by atomic mass is 32.2. The quantitative estimate of drug-likeness (QED) is 0.149. The van der Waals surface area contributed by atoms with E-state index >= 15 is 0 Å². The van der Waals surface area contributed by atoms with Crippen LogP contribution in [0.5, 0.6) is 0 Å². The molecule has 4 rings (SSSR count). The highest BCUT2D eigenvalue weighted by Gasteiger charge is 2.19. The molecule has 4 aromatic rings. The smallest absolute Gasteiger partial charge is 0.294 e. The van der Waals surface area contributed by atoms with Gasteiger partial charge in [-0.05, 0) is 37.3 Å². The van der Waals surface area contributed by atoms with Crippen LogP contribution in [0.3, 0.4) is 0 Å². The fourth-order valence-electron chi connectivity index (χ4n) is 2.90. The number of azo groups is 1. The van der Waals surface area contributed by atoms with E-state index in [9.17, 15) is 18.5 Å². The van der Waals surface area contributed by atoms with Crippen LogP contribution < -0.4 is 27.3 Å². The zero-order valence-corrected chi connectivity index (χ0v) is 18.2. The number of nitrogen functional groups attached to an aromatic ring is 2. The standard InChI is InChI=1S/C18H16N12O3S/c1-9-6-7-22-18(23-9)29-34(32,33)11-4-2-10(3-5-11)26-27-13-16-24-14(20)12(8-19)15(25-21)30(16)28-17(13)31/h2-7,25H,21H2,1H3,(H2,20,24)(H,28,31)(H,22,23,29). The van der Waals surface area contributed by atoms with Crippen LogP contribution in [0.2, 0.25) is 0 Å². The summed E-state index contributed by atoms with van der Waals surface area (Å²) >= 11 is 0. The Morgan fingerprint density at radius 3 is 2.56 bits per heavy atom. The summed E-state index contributed by atoms with van der Waals surface area (Å²) < 4.78 is 28.5. The number of anilines is 3. The molecule has 172 valence electrons. The molecule has 0 saturated heterocycles. The summed E-state index contributed by atoms with van der Waals surface area (Å²) in [5, 5.41) is 19.5. The molecule has 0 amide bonds. The lowest BCUT2D eigenvalue weighted by Gasteiger charge is -2.07. The molecule has 0 atom stereocenters. The lowest BCUT2D eigenvalue weighted by Crippen LogP contribution is -2.16. The van der Waals surface area contributed by atoms with Gasteiger partial charge in [-0.2, -0.15) is 10.4 Å². The maximum atomic E-state index is 12.6. The van der Waals surface area contributed by atoms with Gasteiger partial charge in [-0.3, -0.25) is 9.89 Å². The number of aryl methyl sites for hydroxylation is 1. The molecule has 0 bridgehead atoms. The minimum absolute atomic E-state index is 0.0141. The molecule has 3 heterocycles. The number of nitrogens with zero attached hydrogens (tertiary/aromatic N) is 7. The van der Waals surface area contributed by atoms with Crippen LogP contribution in [0, 0.1) is 18.3 Å². The topological polar surface area (TPSA) is 235 Å². The van der Waals surface area contributed by atoms with Crippen molar-refractivity contribution in [3.8, 4) is 6.07 Å². The van der Waals surface area contributed by atoms with Gasteiger partial charge in [0.2, 0.25) is 5.95 Å². The summed E-state index contributed by atoms with van der Waals surface area (Å²) in [4.78, 5) is 24.2. The number of hydrazine groups is 1. The predicted octanol–water partition coefficient (Wildman–Crippen LogP) is 1.08. The molecule has 16 heteroatoms. The Kier molecular flexibility index (Phi) is 5.63. The average molecular weight is 480 g/mol. The molecule has 0 aliphatic carbocycles. The van der Waals surface area contributed by atoms with Crippen molar-refractivity contribution < 1.29 is 8.42 Å². The van der Waals surface area contributed by atoms with Crippen molar-refractivity contribution in [1.29, 1.82) is 5.26 Å². The third-order valence-electron chi connectivity index (χ3n) is 4.48. The largest absolute Gasteiger partial charge is 0.382 e. The van der Waals surface area contributed by atoms with E-state index in [4.69, 9.17) is 11.6 Å². The number of sulfonamides is 1. The minimum Gasteiger partial charge on any atom is -0.382 e. The molecule has 0 spiro atoms. The fraction of sp³-hybridized carbons (Fsp3) is 0.0556. The molecule has 0 fully saturated rings. The Hall–Kier alpha value is -4.88. The highest BCUT2D eigenvalue weighted by molar-refractivity contribution is 7.92. The number of rotatable bonds is 6.